The van der Waals surface area contributed by atoms with Crippen LogP contribution in [0, 0.1) is 5.92 Å². The number of carboxylic acids is 1. The highest BCUT2D eigenvalue weighted by Crippen LogP contribution is 2.33. The van der Waals surface area contributed by atoms with Crippen molar-refractivity contribution >= 4 is 37.2 Å². The lowest BCUT2D eigenvalue weighted by molar-refractivity contribution is -0.141. The van der Waals surface area contributed by atoms with Crippen molar-refractivity contribution in [2.24, 2.45) is 11.7 Å². The number of nitrogens with zero attached hydrogens (tertiary/aromatic N) is 3. The normalized spacial score (nSPS) is 14.4. The molecule has 1 aromatic rings. The minimum absolute atomic E-state index is 0.149. The summed E-state index contributed by atoms with van der Waals surface area (Å²) >= 11 is 0. The highest BCUT2D eigenvalue weighted by molar-refractivity contribution is 7.51. The van der Waals surface area contributed by atoms with Gasteiger partial charge in [-0.3, -0.25) is 33.2 Å². The number of nitrogens with one attached hydrogen (secondary N) is 4. The average molecular weight is 605 g/mol. The molecule has 4 atom stereocenters. The molecule has 9 N–H and O–H groups in total. The van der Waals surface area contributed by atoms with Crippen LogP contribution in [0.3, 0.4) is 0 Å². The Labute approximate surface area is 237 Å². The first-order chi connectivity index (χ1) is 19.0. The summed E-state index contributed by atoms with van der Waals surface area (Å²) in [4.78, 5) is 80.4. The fourth-order valence-electron chi connectivity index (χ4n) is 3.34. The van der Waals surface area contributed by atoms with Crippen LogP contribution < -0.4 is 27.0 Å². The lowest BCUT2D eigenvalue weighted by Gasteiger charge is -2.24. The van der Waals surface area contributed by atoms with E-state index >= 15 is 0 Å². The molecular formula is C23H41N8O9P. The molecule has 0 aliphatic carbocycles. The molecule has 1 aromatic heterocycles. The molecular weight excluding hydrogens is 563 g/mol. The molecule has 0 radical (unpaired) electrons. The Kier molecular flexibility index (Phi) is 14.6. The first kappa shape index (κ1) is 35.6. The maximum atomic E-state index is 13.2. The van der Waals surface area contributed by atoms with Gasteiger partial charge in [0.05, 0.1) is 18.4 Å². The van der Waals surface area contributed by atoms with E-state index in [1.165, 1.54) is 24.7 Å². The van der Waals surface area contributed by atoms with Crippen LogP contribution >= 0.6 is 7.60 Å². The Balaban J connectivity index is 3.15. The van der Waals surface area contributed by atoms with Gasteiger partial charge in [-0.15, -0.1) is 5.10 Å². The third-order valence-corrected chi connectivity index (χ3v) is 6.62. The molecule has 18 heteroatoms. The highest BCUT2D eigenvalue weighted by Gasteiger charge is 2.30. The topological polar surface area (TPSA) is 268 Å². The molecule has 0 saturated heterocycles. The number of carboxylic acid groups (broad SMARTS) is 1. The van der Waals surface area contributed by atoms with Crippen LogP contribution in [0.1, 0.15) is 52.7 Å². The summed E-state index contributed by atoms with van der Waals surface area (Å²) in [6, 6.07) is -4.68. The second kappa shape index (κ2) is 16.8. The molecule has 0 fully saturated rings. The van der Waals surface area contributed by atoms with Crippen molar-refractivity contribution in [3.8, 4) is 0 Å². The Bertz CT molecular complexity index is 1110. The second-order valence-corrected chi connectivity index (χ2v) is 11.7. The van der Waals surface area contributed by atoms with Gasteiger partial charge in [-0.05, 0) is 39.7 Å². The molecule has 0 aliphatic rings. The van der Waals surface area contributed by atoms with Gasteiger partial charge in [0.25, 0.3) is 0 Å². The summed E-state index contributed by atoms with van der Waals surface area (Å²) in [5.41, 5.74) is 5.74. The van der Waals surface area contributed by atoms with Gasteiger partial charge in [0.2, 0.25) is 23.6 Å². The van der Waals surface area contributed by atoms with E-state index in [-0.39, 0.29) is 31.0 Å². The van der Waals surface area contributed by atoms with Crippen LogP contribution in [0.5, 0.6) is 0 Å². The van der Waals surface area contributed by atoms with Crippen molar-refractivity contribution in [1.82, 2.24) is 36.3 Å². The molecule has 41 heavy (non-hydrogen) atoms. The number of carbonyl (C=O) groups is 5. The maximum absolute atomic E-state index is 13.2. The number of rotatable bonds is 18. The van der Waals surface area contributed by atoms with Crippen molar-refractivity contribution < 1.29 is 43.4 Å². The van der Waals surface area contributed by atoms with Crippen LogP contribution in [0.4, 0.5) is 0 Å². The molecule has 1 rings (SSSR count). The smallest absolute Gasteiger partial charge is 0.327 e. The summed E-state index contributed by atoms with van der Waals surface area (Å²) in [5.74, 6) is -4.29. The van der Waals surface area contributed by atoms with E-state index in [0.29, 0.717) is 19.4 Å². The molecule has 0 unspecified atom stereocenters. The summed E-state index contributed by atoms with van der Waals surface area (Å²) in [6.07, 6.45) is 2.02. The lowest BCUT2D eigenvalue weighted by Crippen LogP contribution is -2.57. The Morgan fingerprint density at radius 1 is 0.902 bits per heavy atom. The van der Waals surface area contributed by atoms with Crippen molar-refractivity contribution in [2.45, 2.75) is 84.1 Å². The number of nitrogens with two attached hydrogens (primary N) is 1. The van der Waals surface area contributed by atoms with E-state index in [4.69, 9.17) is 20.6 Å². The number of amides is 4. The summed E-state index contributed by atoms with van der Waals surface area (Å²) in [7, 11) is -4.29. The van der Waals surface area contributed by atoms with Crippen LogP contribution in [0.15, 0.2) is 6.20 Å². The minimum Gasteiger partial charge on any atom is -0.480 e. The quantitative estimate of drug-likeness (QED) is 0.0658. The number of hydrogen-bond donors (Lipinski definition) is 8. The number of carbonyl (C=O) groups excluding carboxylic acids is 4. The van der Waals surface area contributed by atoms with E-state index < -0.39 is 67.5 Å². The molecule has 1 heterocycles. The van der Waals surface area contributed by atoms with Crippen LogP contribution in [-0.4, -0.2) is 96.4 Å². The van der Waals surface area contributed by atoms with Crippen LogP contribution in [-0.2, 0) is 41.5 Å². The number of hydrogen-bond acceptors (Lipinski definition) is 9. The average Bonchev–Trinajstić information content (AvgIpc) is 3.33. The summed E-state index contributed by atoms with van der Waals surface area (Å²) < 4.78 is 12.3. The van der Waals surface area contributed by atoms with E-state index in [1.54, 1.807) is 13.8 Å². The second-order valence-electron chi connectivity index (χ2n) is 9.93. The molecule has 0 spiro atoms. The molecule has 232 valence electrons. The van der Waals surface area contributed by atoms with Gasteiger partial charge in [0.1, 0.15) is 24.2 Å². The lowest BCUT2D eigenvalue weighted by atomic mass is 10.0. The van der Waals surface area contributed by atoms with E-state index in [2.05, 4.69) is 31.6 Å². The number of aromatic nitrogens is 3. The zero-order chi connectivity index (χ0) is 31.3. The third kappa shape index (κ3) is 13.7. The van der Waals surface area contributed by atoms with E-state index in [1.807, 2.05) is 0 Å². The van der Waals surface area contributed by atoms with Gasteiger partial charge in [-0.1, -0.05) is 19.1 Å². The molecule has 0 aromatic carbocycles. The summed E-state index contributed by atoms with van der Waals surface area (Å²) in [5, 5.41) is 26.6. The molecule has 0 aliphatic heterocycles. The van der Waals surface area contributed by atoms with Crippen molar-refractivity contribution in [2.75, 3.05) is 12.7 Å². The van der Waals surface area contributed by atoms with E-state index in [0.717, 1.165) is 0 Å². The summed E-state index contributed by atoms with van der Waals surface area (Å²) in [6.45, 7) is 6.14. The van der Waals surface area contributed by atoms with Gasteiger partial charge in [0.15, 0.2) is 0 Å². The molecule has 0 saturated carbocycles. The number of unbranched alkanes of at least 4 members (excludes halogenated alkanes) is 1. The first-order valence-electron chi connectivity index (χ1n) is 13.1. The fourth-order valence-corrected chi connectivity index (χ4v) is 3.81. The Morgan fingerprint density at radius 2 is 1.49 bits per heavy atom. The van der Waals surface area contributed by atoms with E-state index in [9.17, 15) is 28.5 Å². The van der Waals surface area contributed by atoms with Crippen molar-refractivity contribution in [3.05, 3.63) is 11.9 Å². The fraction of sp³-hybridized carbons (Fsp3) is 0.696. The van der Waals surface area contributed by atoms with Gasteiger partial charge in [-0.2, -0.15) is 0 Å². The predicted octanol–water partition coefficient (Wildman–Crippen LogP) is -2.15. The maximum Gasteiger partial charge on any atom is 0.327 e. The van der Waals surface area contributed by atoms with Gasteiger partial charge >= 0.3 is 13.6 Å². The molecule has 4 amide bonds. The third-order valence-electron chi connectivity index (χ3n) is 5.84. The monoisotopic (exact) mass is 604 g/mol. The first-order valence-corrected chi connectivity index (χ1v) is 14.9. The van der Waals surface area contributed by atoms with Gasteiger partial charge < -0.3 is 41.9 Å². The van der Waals surface area contributed by atoms with Gasteiger partial charge in [0, 0.05) is 18.5 Å². The van der Waals surface area contributed by atoms with Crippen molar-refractivity contribution in [1.29, 1.82) is 0 Å². The number of aliphatic carboxylic acids is 1. The standard InChI is InChI=1S/C23H41N8O9P/c1-13(2)19(32)27-17(7-5-6-8-24)21(34)28-18(11-16-12-31(30-29-16)9-10-41(38,39)40)22(35)25-14(3)20(33)26-15(4)23(36)37/h12-15,17-18H,5-11,24H2,1-4H3,(H,25,35)(H,26,33)(H,27,32)(H,28,34)(H,36,37)(H2,38,39,40)/t14-,15-,17-,18-/m0/s1. The largest absolute Gasteiger partial charge is 0.480 e. The SMILES string of the molecule is CC(C)C(=O)N[C@@H](CCCCN)C(=O)N[C@@H](Cc1cn(CCP(=O)(O)O)nn1)C(=O)N[C@@H](C)C(=O)N[C@@H](C)C(=O)O. The predicted molar refractivity (Wildman–Crippen MR) is 145 cm³/mol. The van der Waals surface area contributed by atoms with Crippen molar-refractivity contribution in [3.63, 3.8) is 0 Å². The number of aryl methyl sites for hydroxylation is 1. The van der Waals surface area contributed by atoms with Gasteiger partial charge in [-0.25, -0.2) is 0 Å². The minimum atomic E-state index is -4.29. The highest BCUT2D eigenvalue weighted by atomic mass is 31.2. The molecule has 0 bridgehead atoms. The Hall–Kier alpha value is -3.40. The molecule has 17 nitrogen and oxygen atoms in total. The Morgan fingerprint density at radius 3 is 2.05 bits per heavy atom. The van der Waals surface area contributed by atoms with Crippen LogP contribution in [0.2, 0.25) is 0 Å². The zero-order valence-corrected chi connectivity index (χ0v) is 24.5. The zero-order valence-electron chi connectivity index (χ0n) is 23.6. The van der Waals surface area contributed by atoms with Crippen LogP contribution in [0.25, 0.3) is 0 Å².